The first kappa shape index (κ1) is 18.3. The fourth-order valence-electron chi connectivity index (χ4n) is 1.39. The summed E-state index contributed by atoms with van der Waals surface area (Å²) >= 11 is 12.6. The molecule has 1 aromatic carbocycles. The van der Waals surface area contributed by atoms with Crippen molar-refractivity contribution < 1.29 is 13.2 Å². The summed E-state index contributed by atoms with van der Waals surface area (Å²) in [6, 6.07) is 3.71. The van der Waals surface area contributed by atoms with Gasteiger partial charge in [-0.3, -0.25) is 0 Å². The molecule has 0 atom stereocenters. The molecule has 20 heavy (non-hydrogen) atoms. The van der Waals surface area contributed by atoms with Gasteiger partial charge in [-0.1, -0.05) is 0 Å². The topological polar surface area (TPSA) is 43.4 Å². The molecular weight excluding hydrogens is 431 g/mol. The smallest absolute Gasteiger partial charge is 0.158 e. The monoisotopic (exact) mass is 446 g/mol. The van der Waals surface area contributed by atoms with Crippen molar-refractivity contribution in [2.45, 2.75) is 31.4 Å². The summed E-state index contributed by atoms with van der Waals surface area (Å²) in [5.74, 6) is 0.964. The van der Waals surface area contributed by atoms with E-state index in [9.17, 15) is 8.42 Å². The summed E-state index contributed by atoms with van der Waals surface area (Å²) in [5, 5.41) is 0. The lowest BCUT2D eigenvalue weighted by Crippen LogP contribution is -2.32. The Balaban J connectivity index is 2.78. The van der Waals surface area contributed by atoms with Crippen LogP contribution in [0.25, 0.3) is 0 Å². The third-order valence-corrected chi connectivity index (χ3v) is 6.80. The van der Waals surface area contributed by atoms with Crippen molar-refractivity contribution in [1.29, 1.82) is 0 Å². The number of benzene rings is 1. The fraction of sp³-hybridized carbons (Fsp3) is 0.538. The van der Waals surface area contributed by atoms with E-state index in [0.29, 0.717) is 11.6 Å². The Hall–Kier alpha value is 0.220. The Bertz CT molecular complexity index is 557. The van der Waals surface area contributed by atoms with Crippen LogP contribution in [-0.4, -0.2) is 25.5 Å². The predicted molar refractivity (Wildman–Crippen MR) is 90.4 cm³/mol. The largest absolute Gasteiger partial charge is 0.490 e. The van der Waals surface area contributed by atoms with E-state index in [1.165, 1.54) is 0 Å². The molecular formula is C13H17Br2ClO3S. The zero-order chi connectivity index (χ0) is 15.6. The first-order valence-corrected chi connectivity index (χ1v) is 9.75. The van der Waals surface area contributed by atoms with Crippen LogP contribution in [0.5, 0.6) is 5.75 Å². The third kappa shape index (κ3) is 4.61. The van der Waals surface area contributed by atoms with Crippen molar-refractivity contribution in [3.63, 3.8) is 0 Å². The zero-order valence-electron chi connectivity index (χ0n) is 11.5. The molecule has 0 radical (unpaired) electrons. The maximum atomic E-state index is 12.0. The second-order valence-corrected chi connectivity index (χ2v) is 10.1. The number of halogens is 3. The van der Waals surface area contributed by atoms with Crippen LogP contribution in [0.2, 0.25) is 0 Å². The van der Waals surface area contributed by atoms with Crippen molar-refractivity contribution in [3.05, 3.63) is 26.6 Å². The van der Waals surface area contributed by atoms with E-state index >= 15 is 0 Å². The third-order valence-electron chi connectivity index (χ3n) is 2.74. The van der Waals surface area contributed by atoms with Gasteiger partial charge in [-0.05, 0) is 70.3 Å². The Morgan fingerprint density at radius 3 is 2.10 bits per heavy atom. The molecule has 114 valence electrons. The summed E-state index contributed by atoms with van der Waals surface area (Å²) in [6.45, 7) is 5.16. The Labute approximate surface area is 142 Å². The molecule has 0 saturated heterocycles. The lowest BCUT2D eigenvalue weighted by Gasteiger charge is -2.19. The molecule has 0 aromatic heterocycles. The molecule has 0 aliphatic rings. The lowest BCUT2D eigenvalue weighted by atomic mass is 10.2. The summed E-state index contributed by atoms with van der Waals surface area (Å²) in [6.07, 6.45) is 0. The number of hydrogen-bond donors (Lipinski definition) is 0. The summed E-state index contributed by atoms with van der Waals surface area (Å²) in [4.78, 5) is 0. The van der Waals surface area contributed by atoms with Gasteiger partial charge in [-0.15, -0.1) is 11.6 Å². The molecule has 0 bridgehead atoms. The number of alkyl halides is 1. The minimum Gasteiger partial charge on any atom is -0.490 e. The van der Waals surface area contributed by atoms with E-state index in [1.807, 2.05) is 12.1 Å². The minimum absolute atomic E-state index is 0.0212. The molecule has 0 aliphatic heterocycles. The number of sulfone groups is 1. The van der Waals surface area contributed by atoms with Crippen molar-refractivity contribution in [1.82, 2.24) is 0 Å². The van der Waals surface area contributed by atoms with Crippen LogP contribution in [0.1, 0.15) is 26.3 Å². The van der Waals surface area contributed by atoms with Crippen molar-refractivity contribution in [3.8, 4) is 5.75 Å². The highest BCUT2D eigenvalue weighted by atomic mass is 79.9. The van der Waals surface area contributed by atoms with Gasteiger partial charge in [0.1, 0.15) is 12.4 Å². The Morgan fingerprint density at radius 1 is 1.20 bits per heavy atom. The molecule has 3 nitrogen and oxygen atoms in total. The van der Waals surface area contributed by atoms with Crippen LogP contribution in [0.15, 0.2) is 21.1 Å². The van der Waals surface area contributed by atoms with Crippen LogP contribution in [-0.2, 0) is 15.7 Å². The van der Waals surface area contributed by atoms with E-state index in [4.69, 9.17) is 16.3 Å². The average Bonchev–Trinajstić information content (AvgIpc) is 2.30. The van der Waals surface area contributed by atoms with Gasteiger partial charge in [0, 0.05) is 5.88 Å². The zero-order valence-corrected chi connectivity index (χ0v) is 16.3. The molecule has 1 rings (SSSR count). The lowest BCUT2D eigenvalue weighted by molar-refractivity contribution is 0.335. The van der Waals surface area contributed by atoms with E-state index in [-0.39, 0.29) is 12.4 Å². The fourth-order valence-corrected chi connectivity index (χ4v) is 3.97. The molecule has 0 aliphatic carbocycles. The highest BCUT2D eigenvalue weighted by Gasteiger charge is 2.28. The van der Waals surface area contributed by atoms with Gasteiger partial charge in [0.15, 0.2) is 9.84 Å². The number of ether oxygens (including phenoxy) is 1. The highest BCUT2D eigenvalue weighted by Crippen LogP contribution is 2.35. The van der Waals surface area contributed by atoms with Crippen LogP contribution < -0.4 is 4.74 Å². The second-order valence-electron chi connectivity index (χ2n) is 5.30. The van der Waals surface area contributed by atoms with Crippen LogP contribution in [0, 0.1) is 0 Å². The molecule has 1 aromatic rings. The van der Waals surface area contributed by atoms with Gasteiger partial charge in [0.2, 0.25) is 0 Å². The molecule has 0 saturated carbocycles. The minimum atomic E-state index is -3.18. The quantitative estimate of drug-likeness (QED) is 0.621. The summed E-state index contributed by atoms with van der Waals surface area (Å²) < 4.78 is 30.3. The van der Waals surface area contributed by atoms with Crippen LogP contribution in [0.4, 0.5) is 0 Å². The van der Waals surface area contributed by atoms with Crippen molar-refractivity contribution in [2.75, 3.05) is 12.4 Å². The van der Waals surface area contributed by atoms with Crippen LogP contribution in [0.3, 0.4) is 0 Å². The molecule has 0 amide bonds. The van der Waals surface area contributed by atoms with Crippen molar-refractivity contribution >= 4 is 53.3 Å². The average molecular weight is 449 g/mol. The van der Waals surface area contributed by atoms with Gasteiger partial charge in [0.25, 0.3) is 0 Å². The normalized spacial score (nSPS) is 12.5. The Morgan fingerprint density at radius 2 is 1.70 bits per heavy atom. The first-order chi connectivity index (χ1) is 9.08. The molecule has 0 spiro atoms. The van der Waals surface area contributed by atoms with E-state index in [2.05, 4.69) is 31.9 Å². The van der Waals surface area contributed by atoms with Gasteiger partial charge < -0.3 is 4.74 Å². The first-order valence-electron chi connectivity index (χ1n) is 5.97. The second kappa shape index (κ2) is 6.99. The van der Waals surface area contributed by atoms with E-state index in [1.54, 1.807) is 20.8 Å². The van der Waals surface area contributed by atoms with E-state index in [0.717, 1.165) is 14.5 Å². The molecule has 0 fully saturated rings. The molecule has 0 unspecified atom stereocenters. The van der Waals surface area contributed by atoms with Gasteiger partial charge >= 0.3 is 0 Å². The summed E-state index contributed by atoms with van der Waals surface area (Å²) in [7, 11) is -3.18. The Kier molecular flexibility index (Phi) is 6.38. The summed E-state index contributed by atoms with van der Waals surface area (Å²) in [5.41, 5.74) is 0.945. The van der Waals surface area contributed by atoms with Crippen LogP contribution >= 0.6 is 43.5 Å². The van der Waals surface area contributed by atoms with Gasteiger partial charge in [-0.2, -0.15) is 0 Å². The number of hydrogen-bond acceptors (Lipinski definition) is 3. The maximum absolute atomic E-state index is 12.0. The highest BCUT2D eigenvalue weighted by molar-refractivity contribution is 9.11. The standard InChI is InChI=1S/C13H17Br2ClO3S/c1-13(2,3)20(17,18)5-4-19-12-10(14)6-9(8-16)7-11(12)15/h6-7H,4-5,8H2,1-3H3. The molecule has 7 heteroatoms. The van der Waals surface area contributed by atoms with Gasteiger partial charge in [0.05, 0.1) is 19.4 Å². The number of rotatable bonds is 5. The SMILES string of the molecule is CC(C)(C)S(=O)(=O)CCOc1c(Br)cc(CCl)cc1Br. The van der Waals surface area contributed by atoms with Gasteiger partial charge in [-0.25, -0.2) is 8.42 Å². The molecule has 0 N–H and O–H groups in total. The molecule has 0 heterocycles. The maximum Gasteiger partial charge on any atom is 0.158 e. The van der Waals surface area contributed by atoms with E-state index < -0.39 is 14.6 Å². The van der Waals surface area contributed by atoms with Crippen molar-refractivity contribution in [2.24, 2.45) is 0 Å². The predicted octanol–water partition coefficient (Wildman–Crippen LogP) is 4.54.